The summed E-state index contributed by atoms with van der Waals surface area (Å²) >= 11 is 0. The molecule has 3 rings (SSSR count). The predicted molar refractivity (Wildman–Crippen MR) is 85.6 cm³/mol. The van der Waals surface area contributed by atoms with Gasteiger partial charge in [-0.1, -0.05) is 12.1 Å². The highest BCUT2D eigenvalue weighted by molar-refractivity contribution is 5.41. The minimum atomic E-state index is -4.41. The van der Waals surface area contributed by atoms with E-state index in [0.29, 0.717) is 12.1 Å². The van der Waals surface area contributed by atoms with Crippen molar-refractivity contribution in [2.45, 2.75) is 25.3 Å². The fourth-order valence-corrected chi connectivity index (χ4v) is 2.75. The zero-order chi connectivity index (χ0) is 18.2. The summed E-state index contributed by atoms with van der Waals surface area (Å²) < 4.78 is 44.6. The first-order chi connectivity index (χ1) is 11.7. The highest BCUT2D eigenvalue weighted by atomic mass is 19.4. The van der Waals surface area contributed by atoms with Crippen LogP contribution in [0.25, 0.3) is 0 Å². The van der Waals surface area contributed by atoms with E-state index >= 15 is 0 Å². The van der Waals surface area contributed by atoms with Gasteiger partial charge in [-0.2, -0.15) is 28.1 Å². The largest absolute Gasteiger partial charge is 0.416 e. The normalized spacial score (nSPS) is 21.4. The molecular formula is C15H17F3N6O. The molecule has 0 aliphatic carbocycles. The van der Waals surface area contributed by atoms with Crippen molar-refractivity contribution >= 4 is 17.8 Å². The van der Waals surface area contributed by atoms with E-state index in [1.165, 1.54) is 6.07 Å². The van der Waals surface area contributed by atoms with E-state index in [4.69, 9.17) is 16.2 Å². The van der Waals surface area contributed by atoms with Gasteiger partial charge in [-0.25, -0.2) is 0 Å². The third-order valence-corrected chi connectivity index (χ3v) is 3.79. The molecule has 1 saturated heterocycles. The number of ether oxygens (including phenoxy) is 1. The fraction of sp³-hybridized carbons (Fsp3) is 0.400. The lowest BCUT2D eigenvalue weighted by Crippen LogP contribution is -2.44. The van der Waals surface area contributed by atoms with Gasteiger partial charge in [-0.3, -0.25) is 0 Å². The molecule has 1 aromatic carbocycles. The van der Waals surface area contributed by atoms with Crippen LogP contribution in [-0.4, -0.2) is 34.1 Å². The SMILES string of the molecule is CC1CN(c2nc(N)nc(N)n2)CC(c2cccc(C(F)(F)F)c2)O1. The first-order valence-corrected chi connectivity index (χ1v) is 7.57. The monoisotopic (exact) mass is 354 g/mol. The van der Waals surface area contributed by atoms with E-state index in [9.17, 15) is 13.2 Å². The van der Waals surface area contributed by atoms with Gasteiger partial charge in [0, 0.05) is 6.54 Å². The number of nitrogens with zero attached hydrogens (tertiary/aromatic N) is 4. The van der Waals surface area contributed by atoms with E-state index < -0.39 is 17.8 Å². The molecule has 134 valence electrons. The molecule has 0 saturated carbocycles. The Hall–Kier alpha value is -2.62. The molecule has 25 heavy (non-hydrogen) atoms. The van der Waals surface area contributed by atoms with Crippen molar-refractivity contribution in [3.05, 3.63) is 35.4 Å². The number of anilines is 3. The summed E-state index contributed by atoms with van der Waals surface area (Å²) in [6, 6.07) is 5.09. The van der Waals surface area contributed by atoms with Crippen LogP contribution in [0.15, 0.2) is 24.3 Å². The number of morpholine rings is 1. The molecule has 1 aliphatic heterocycles. The Morgan fingerprint density at radius 3 is 2.44 bits per heavy atom. The first kappa shape index (κ1) is 17.2. The number of hydrogen-bond acceptors (Lipinski definition) is 7. The average molecular weight is 354 g/mol. The van der Waals surface area contributed by atoms with Crippen molar-refractivity contribution in [2.75, 3.05) is 29.5 Å². The van der Waals surface area contributed by atoms with Crippen LogP contribution in [0.4, 0.5) is 31.0 Å². The van der Waals surface area contributed by atoms with E-state index in [-0.39, 0.29) is 30.5 Å². The second-order valence-corrected chi connectivity index (χ2v) is 5.82. The van der Waals surface area contributed by atoms with Crippen LogP contribution in [0.1, 0.15) is 24.2 Å². The standard InChI is InChI=1S/C15H17F3N6O/c1-8-6-24(14-22-12(19)21-13(20)23-14)7-11(25-8)9-3-2-4-10(5-9)15(16,17)18/h2-5,8,11H,6-7H2,1H3,(H4,19,20,21,22,23). The van der Waals surface area contributed by atoms with Crippen LogP contribution < -0.4 is 16.4 Å². The first-order valence-electron chi connectivity index (χ1n) is 7.57. The summed E-state index contributed by atoms with van der Waals surface area (Å²) in [4.78, 5) is 13.6. The van der Waals surface area contributed by atoms with Crippen LogP contribution in [0.2, 0.25) is 0 Å². The van der Waals surface area contributed by atoms with E-state index in [1.54, 1.807) is 11.0 Å². The predicted octanol–water partition coefficient (Wildman–Crippen LogP) is 2.02. The molecule has 0 bridgehead atoms. The molecule has 1 aliphatic rings. The van der Waals surface area contributed by atoms with Crippen LogP contribution in [-0.2, 0) is 10.9 Å². The van der Waals surface area contributed by atoms with E-state index in [1.807, 2.05) is 6.92 Å². The summed E-state index contributed by atoms with van der Waals surface area (Å²) in [5, 5.41) is 0. The van der Waals surface area contributed by atoms with Crippen LogP contribution in [0, 0.1) is 0 Å². The number of rotatable bonds is 2. The summed E-state index contributed by atoms with van der Waals surface area (Å²) in [5.41, 5.74) is 10.9. The molecule has 0 radical (unpaired) electrons. The molecule has 2 unspecified atom stereocenters. The molecule has 0 amide bonds. The number of halogens is 3. The maximum atomic E-state index is 12.9. The Bertz CT molecular complexity index is 749. The molecule has 1 fully saturated rings. The number of aromatic nitrogens is 3. The van der Waals surface area contributed by atoms with Crippen molar-refractivity contribution in [3.8, 4) is 0 Å². The molecule has 0 spiro atoms. The molecule has 2 heterocycles. The Morgan fingerprint density at radius 1 is 1.12 bits per heavy atom. The van der Waals surface area contributed by atoms with Crippen molar-refractivity contribution in [2.24, 2.45) is 0 Å². The van der Waals surface area contributed by atoms with Gasteiger partial charge in [-0.05, 0) is 24.6 Å². The van der Waals surface area contributed by atoms with Crippen LogP contribution in [0.3, 0.4) is 0 Å². The van der Waals surface area contributed by atoms with Gasteiger partial charge in [0.2, 0.25) is 17.8 Å². The molecule has 7 nitrogen and oxygen atoms in total. The van der Waals surface area contributed by atoms with Crippen molar-refractivity contribution in [1.29, 1.82) is 0 Å². The molecule has 4 N–H and O–H groups in total. The van der Waals surface area contributed by atoms with E-state index in [0.717, 1.165) is 12.1 Å². The number of alkyl halides is 3. The number of hydrogen-bond donors (Lipinski definition) is 2. The Labute approximate surface area is 141 Å². The lowest BCUT2D eigenvalue weighted by molar-refractivity contribution is -0.137. The van der Waals surface area contributed by atoms with Gasteiger partial charge in [-0.15, -0.1) is 0 Å². The summed E-state index contributed by atoms with van der Waals surface area (Å²) in [7, 11) is 0. The summed E-state index contributed by atoms with van der Waals surface area (Å²) in [6.45, 7) is 2.55. The minimum absolute atomic E-state index is 0.0164. The van der Waals surface area contributed by atoms with Crippen molar-refractivity contribution in [1.82, 2.24) is 15.0 Å². The van der Waals surface area contributed by atoms with Crippen molar-refractivity contribution < 1.29 is 17.9 Å². The van der Waals surface area contributed by atoms with Gasteiger partial charge < -0.3 is 21.1 Å². The summed E-state index contributed by atoms with van der Waals surface area (Å²) in [5.74, 6) is 0.242. The second-order valence-electron chi connectivity index (χ2n) is 5.82. The topological polar surface area (TPSA) is 103 Å². The average Bonchev–Trinajstić information content (AvgIpc) is 2.53. The molecular weight excluding hydrogens is 337 g/mol. The summed E-state index contributed by atoms with van der Waals surface area (Å²) in [6.07, 6.45) is -5.22. The number of benzene rings is 1. The third-order valence-electron chi connectivity index (χ3n) is 3.79. The highest BCUT2D eigenvalue weighted by Gasteiger charge is 2.33. The quantitative estimate of drug-likeness (QED) is 0.850. The minimum Gasteiger partial charge on any atom is -0.368 e. The van der Waals surface area contributed by atoms with Gasteiger partial charge in [0.15, 0.2) is 0 Å². The Morgan fingerprint density at radius 2 is 1.80 bits per heavy atom. The van der Waals surface area contributed by atoms with Gasteiger partial charge >= 0.3 is 6.18 Å². The zero-order valence-corrected chi connectivity index (χ0v) is 13.4. The van der Waals surface area contributed by atoms with Crippen LogP contribution >= 0.6 is 0 Å². The zero-order valence-electron chi connectivity index (χ0n) is 13.4. The van der Waals surface area contributed by atoms with Gasteiger partial charge in [0.1, 0.15) is 6.10 Å². The smallest absolute Gasteiger partial charge is 0.368 e. The number of nitrogens with two attached hydrogens (primary N) is 2. The second kappa shape index (κ2) is 6.36. The molecule has 1 aromatic heterocycles. The molecule has 10 heteroatoms. The Kier molecular flexibility index (Phi) is 4.38. The maximum Gasteiger partial charge on any atom is 0.416 e. The number of nitrogen functional groups attached to an aromatic ring is 2. The molecule has 2 aromatic rings. The van der Waals surface area contributed by atoms with Crippen molar-refractivity contribution in [3.63, 3.8) is 0 Å². The van der Waals surface area contributed by atoms with Gasteiger partial charge in [0.25, 0.3) is 0 Å². The fourth-order valence-electron chi connectivity index (χ4n) is 2.75. The maximum absolute atomic E-state index is 12.9. The van der Waals surface area contributed by atoms with Crippen LogP contribution in [0.5, 0.6) is 0 Å². The van der Waals surface area contributed by atoms with Gasteiger partial charge in [0.05, 0.1) is 18.2 Å². The lowest BCUT2D eigenvalue weighted by Gasteiger charge is -2.37. The highest BCUT2D eigenvalue weighted by Crippen LogP contribution is 2.33. The molecule has 2 atom stereocenters. The van der Waals surface area contributed by atoms with E-state index in [2.05, 4.69) is 15.0 Å². The third kappa shape index (κ3) is 3.90. The lowest BCUT2D eigenvalue weighted by atomic mass is 10.0. The Balaban J connectivity index is 1.88.